The summed E-state index contributed by atoms with van der Waals surface area (Å²) in [5, 5.41) is 12.6. The third kappa shape index (κ3) is 3.50. The molecule has 0 aromatic heterocycles. The summed E-state index contributed by atoms with van der Waals surface area (Å²) in [6.07, 6.45) is 0. The molecule has 0 spiro atoms. The molecule has 3 N–H and O–H groups in total. The largest absolute Gasteiger partial charge is 0.507 e. The molecule has 0 aliphatic carbocycles. The van der Waals surface area contributed by atoms with Crippen LogP contribution in [-0.2, 0) is 0 Å². The predicted octanol–water partition coefficient (Wildman–Crippen LogP) is 4.15. The standard InChI is InChI=1S/C18H25NOSSi/c1-12-10-17(13(2)14(3)18(12)20)21-11-22(4,5)16-8-6-15(19)7-9-16/h6-10,20H,11,19H2,1-5H3. The third-order valence-electron chi connectivity index (χ3n) is 4.29. The van der Waals surface area contributed by atoms with E-state index in [0.29, 0.717) is 5.75 Å². The minimum atomic E-state index is -1.51. The molecule has 0 aliphatic heterocycles. The molecule has 0 fully saturated rings. The van der Waals surface area contributed by atoms with Gasteiger partial charge in [0.2, 0.25) is 0 Å². The molecule has 0 saturated heterocycles. The van der Waals surface area contributed by atoms with Gasteiger partial charge in [-0.1, -0.05) is 30.4 Å². The Morgan fingerprint density at radius 1 is 1.05 bits per heavy atom. The van der Waals surface area contributed by atoms with E-state index in [0.717, 1.165) is 22.2 Å². The fourth-order valence-electron chi connectivity index (χ4n) is 2.46. The molecule has 0 atom stereocenters. The first-order chi connectivity index (χ1) is 10.2. The van der Waals surface area contributed by atoms with E-state index in [1.807, 2.05) is 37.7 Å². The lowest BCUT2D eigenvalue weighted by atomic mass is 10.1. The highest BCUT2D eigenvalue weighted by molar-refractivity contribution is 8.01. The summed E-state index contributed by atoms with van der Waals surface area (Å²) in [4.78, 5) is 1.28. The molecule has 0 heterocycles. The zero-order valence-corrected chi connectivity index (χ0v) is 15.8. The highest BCUT2D eigenvalue weighted by atomic mass is 32.2. The van der Waals surface area contributed by atoms with E-state index in [1.54, 1.807) is 0 Å². The van der Waals surface area contributed by atoms with Gasteiger partial charge in [0, 0.05) is 10.6 Å². The van der Waals surface area contributed by atoms with Crippen LogP contribution in [0.4, 0.5) is 5.69 Å². The first-order valence-electron chi connectivity index (χ1n) is 7.51. The summed E-state index contributed by atoms with van der Waals surface area (Å²) in [6.45, 7) is 10.8. The van der Waals surface area contributed by atoms with Crippen LogP contribution in [0.1, 0.15) is 16.7 Å². The Morgan fingerprint density at radius 3 is 2.23 bits per heavy atom. The summed E-state index contributed by atoms with van der Waals surface area (Å²) in [5.41, 5.74) is 9.75. The monoisotopic (exact) mass is 331 g/mol. The maximum atomic E-state index is 10.0. The van der Waals surface area contributed by atoms with Crippen LogP contribution < -0.4 is 10.9 Å². The van der Waals surface area contributed by atoms with E-state index in [2.05, 4.69) is 38.2 Å². The van der Waals surface area contributed by atoms with Crippen LogP contribution in [0.3, 0.4) is 0 Å². The van der Waals surface area contributed by atoms with Crippen molar-refractivity contribution in [1.29, 1.82) is 0 Å². The first kappa shape index (κ1) is 17.0. The SMILES string of the molecule is Cc1cc(SC[Si](C)(C)c2ccc(N)cc2)c(C)c(C)c1O. The highest BCUT2D eigenvalue weighted by Crippen LogP contribution is 2.34. The lowest BCUT2D eigenvalue weighted by molar-refractivity contribution is 0.465. The van der Waals surface area contributed by atoms with E-state index >= 15 is 0 Å². The molecular formula is C18H25NOSSi. The van der Waals surface area contributed by atoms with Crippen molar-refractivity contribution >= 4 is 30.7 Å². The average Bonchev–Trinajstić information content (AvgIpc) is 2.48. The van der Waals surface area contributed by atoms with Crippen molar-refractivity contribution in [2.75, 3.05) is 11.1 Å². The Morgan fingerprint density at radius 2 is 1.64 bits per heavy atom. The molecular weight excluding hydrogens is 306 g/mol. The van der Waals surface area contributed by atoms with Gasteiger partial charge in [-0.3, -0.25) is 0 Å². The number of aryl methyl sites for hydroxylation is 1. The van der Waals surface area contributed by atoms with Gasteiger partial charge in [-0.05, 0) is 61.0 Å². The molecule has 2 rings (SSSR count). The minimum absolute atomic E-state index is 0.428. The zero-order chi connectivity index (χ0) is 16.5. The number of anilines is 1. The van der Waals surface area contributed by atoms with Crippen molar-refractivity contribution in [3.63, 3.8) is 0 Å². The Labute approximate surface area is 138 Å². The van der Waals surface area contributed by atoms with Crippen LogP contribution in [0.25, 0.3) is 0 Å². The molecule has 0 saturated carbocycles. The second-order valence-electron chi connectivity index (χ2n) is 6.58. The van der Waals surface area contributed by atoms with Gasteiger partial charge in [0.25, 0.3) is 0 Å². The van der Waals surface area contributed by atoms with Crippen LogP contribution in [-0.4, -0.2) is 18.6 Å². The molecule has 22 heavy (non-hydrogen) atoms. The van der Waals surface area contributed by atoms with E-state index in [-0.39, 0.29) is 0 Å². The molecule has 2 aromatic carbocycles. The lowest BCUT2D eigenvalue weighted by Gasteiger charge is -2.23. The van der Waals surface area contributed by atoms with E-state index in [4.69, 9.17) is 5.73 Å². The number of aromatic hydroxyl groups is 1. The molecule has 2 aromatic rings. The second-order valence-corrected chi connectivity index (χ2v) is 12.8. The number of thioether (sulfide) groups is 1. The van der Waals surface area contributed by atoms with Gasteiger partial charge in [-0.15, -0.1) is 11.8 Å². The molecule has 118 valence electrons. The summed E-state index contributed by atoms with van der Waals surface area (Å²) < 4.78 is 0. The minimum Gasteiger partial charge on any atom is -0.507 e. The van der Waals surface area contributed by atoms with Crippen LogP contribution in [0, 0.1) is 20.8 Å². The van der Waals surface area contributed by atoms with Crippen LogP contribution in [0.2, 0.25) is 13.1 Å². The topological polar surface area (TPSA) is 46.2 Å². The average molecular weight is 332 g/mol. The van der Waals surface area contributed by atoms with Crippen molar-refractivity contribution in [3.8, 4) is 5.75 Å². The van der Waals surface area contributed by atoms with Crippen LogP contribution in [0.15, 0.2) is 35.2 Å². The molecule has 2 nitrogen and oxygen atoms in total. The van der Waals surface area contributed by atoms with Crippen LogP contribution in [0.5, 0.6) is 5.75 Å². The molecule has 4 heteroatoms. The molecule has 0 amide bonds. The van der Waals surface area contributed by atoms with Gasteiger partial charge >= 0.3 is 0 Å². The smallest absolute Gasteiger partial charge is 0.121 e. The molecule has 0 radical (unpaired) electrons. The molecule has 0 aliphatic rings. The van der Waals surface area contributed by atoms with Gasteiger partial charge in [0.1, 0.15) is 5.75 Å². The maximum absolute atomic E-state index is 10.0. The number of benzene rings is 2. The van der Waals surface area contributed by atoms with Crippen molar-refractivity contribution in [2.24, 2.45) is 0 Å². The number of hydrogen-bond acceptors (Lipinski definition) is 3. The fraction of sp³-hybridized carbons (Fsp3) is 0.333. The number of rotatable bonds is 4. The number of phenolic OH excluding ortho intramolecular Hbond substituents is 1. The zero-order valence-electron chi connectivity index (χ0n) is 14.0. The number of nitrogen functional groups attached to an aromatic ring is 1. The number of phenols is 1. The Bertz CT molecular complexity index is 680. The Kier molecular flexibility index (Phi) is 4.92. The van der Waals surface area contributed by atoms with Gasteiger partial charge in [-0.2, -0.15) is 0 Å². The summed E-state index contributed by atoms with van der Waals surface area (Å²) >= 11 is 1.91. The predicted molar refractivity (Wildman–Crippen MR) is 101 cm³/mol. The third-order valence-corrected chi connectivity index (χ3v) is 10.4. The summed E-state index contributed by atoms with van der Waals surface area (Å²) in [5.74, 6) is 0.428. The summed E-state index contributed by atoms with van der Waals surface area (Å²) in [6, 6.07) is 10.4. The van der Waals surface area contributed by atoms with Crippen molar-refractivity contribution < 1.29 is 5.11 Å². The Balaban J connectivity index is 2.20. The van der Waals surface area contributed by atoms with E-state index < -0.39 is 8.07 Å². The van der Waals surface area contributed by atoms with Gasteiger partial charge in [-0.25, -0.2) is 0 Å². The lowest BCUT2D eigenvalue weighted by Crippen LogP contribution is -2.44. The number of hydrogen-bond donors (Lipinski definition) is 2. The van der Waals surface area contributed by atoms with E-state index in [9.17, 15) is 5.11 Å². The van der Waals surface area contributed by atoms with Crippen molar-refractivity contribution in [1.82, 2.24) is 0 Å². The van der Waals surface area contributed by atoms with Gasteiger partial charge < -0.3 is 10.8 Å². The molecule has 0 bridgehead atoms. The van der Waals surface area contributed by atoms with E-state index in [1.165, 1.54) is 15.6 Å². The maximum Gasteiger partial charge on any atom is 0.121 e. The number of nitrogens with two attached hydrogens (primary N) is 1. The van der Waals surface area contributed by atoms with Gasteiger partial charge in [0.05, 0.1) is 8.07 Å². The fourth-order valence-corrected chi connectivity index (χ4v) is 6.89. The van der Waals surface area contributed by atoms with Crippen molar-refractivity contribution in [3.05, 3.63) is 47.0 Å². The first-order valence-corrected chi connectivity index (χ1v) is 11.7. The summed E-state index contributed by atoms with van der Waals surface area (Å²) in [7, 11) is -1.51. The van der Waals surface area contributed by atoms with Crippen LogP contribution >= 0.6 is 11.8 Å². The molecule has 0 unspecified atom stereocenters. The normalized spacial score (nSPS) is 11.7. The quantitative estimate of drug-likeness (QED) is 0.503. The van der Waals surface area contributed by atoms with Crippen molar-refractivity contribution in [2.45, 2.75) is 38.8 Å². The van der Waals surface area contributed by atoms with Gasteiger partial charge in [0.15, 0.2) is 0 Å². The highest BCUT2D eigenvalue weighted by Gasteiger charge is 2.24. The second kappa shape index (κ2) is 6.38. The Hall–Kier alpha value is -1.39.